The molecule has 2 aliphatic rings. The van der Waals surface area contributed by atoms with E-state index in [0.717, 1.165) is 25.3 Å². The molecule has 3 aromatic heterocycles. The fourth-order valence-corrected chi connectivity index (χ4v) is 9.36. The highest BCUT2D eigenvalue weighted by atomic mass is 35.5. The average molecular weight is 1040 g/mol. The minimum Gasteiger partial charge on any atom is -0.593 e. The van der Waals surface area contributed by atoms with Crippen molar-refractivity contribution in [2.75, 3.05) is 29.9 Å². The molecule has 0 saturated carbocycles. The maximum absolute atomic E-state index is 15.5. The molecular weight excluding hydrogens is 994 g/mol. The van der Waals surface area contributed by atoms with E-state index < -0.39 is 135 Å². The summed E-state index contributed by atoms with van der Waals surface area (Å²) in [6.45, 7) is 1.59. The van der Waals surface area contributed by atoms with E-state index >= 15 is 8.78 Å². The lowest BCUT2D eigenvalue weighted by molar-refractivity contribution is -0.143. The molecule has 12 nitrogen and oxygen atoms in total. The van der Waals surface area contributed by atoms with Crippen LogP contribution in [-0.2, 0) is 65.0 Å². The Hall–Kier alpha value is -5.38. The Kier molecular flexibility index (Phi) is 14.2. The molecule has 4 heterocycles. The fraction of sp³-hybridized carbons (Fsp3) is 0.432. The molecule has 370 valence electrons. The first-order chi connectivity index (χ1) is 32.1. The Morgan fingerprint density at radius 2 is 1.65 bits per heavy atom. The summed E-state index contributed by atoms with van der Waals surface area (Å²) in [5, 5.41) is 9.53. The van der Waals surface area contributed by atoms with Crippen LogP contribution in [0.15, 0.2) is 42.5 Å². The van der Waals surface area contributed by atoms with Crippen molar-refractivity contribution < 1.29 is 62.3 Å². The number of anilines is 1. The van der Waals surface area contributed by atoms with Gasteiger partial charge in [0.15, 0.2) is 5.69 Å². The number of aromatic nitrogens is 5. The smallest absolute Gasteiger partial charge is 0.435 e. The Balaban J connectivity index is 1.47. The lowest BCUT2D eigenvalue weighted by Gasteiger charge is -2.25. The summed E-state index contributed by atoms with van der Waals surface area (Å²) >= 11 is 4.49. The molecule has 1 fully saturated rings. The molecule has 4 atom stereocenters. The predicted octanol–water partition coefficient (Wildman–Crippen LogP) is 9.02. The van der Waals surface area contributed by atoms with E-state index in [4.69, 9.17) is 11.6 Å². The van der Waals surface area contributed by atoms with Gasteiger partial charge in [-0.05, 0) is 81.3 Å². The van der Waals surface area contributed by atoms with Crippen LogP contribution in [0.1, 0.15) is 73.6 Å². The van der Waals surface area contributed by atoms with Crippen LogP contribution in [0.3, 0.4) is 0 Å². The number of rotatable bonds is 11. The van der Waals surface area contributed by atoms with Gasteiger partial charge in [-0.25, -0.2) is 18.6 Å². The largest absolute Gasteiger partial charge is 0.593 e. The number of likely N-dealkylation sites (tertiary alicyclic amines) is 1. The van der Waals surface area contributed by atoms with Crippen molar-refractivity contribution in [1.29, 1.82) is 0 Å². The van der Waals surface area contributed by atoms with Crippen molar-refractivity contribution in [3.05, 3.63) is 93.0 Å². The minimum absolute atomic E-state index is 0.108. The molecule has 7 rings (SSSR count). The predicted molar refractivity (Wildman–Crippen MR) is 237 cm³/mol. The van der Waals surface area contributed by atoms with E-state index in [2.05, 4.69) is 32.3 Å². The number of hydrogen-bond acceptors (Lipinski definition) is 7. The van der Waals surface area contributed by atoms with Crippen LogP contribution < -0.4 is 9.62 Å². The third-order valence-corrected chi connectivity index (χ3v) is 14.4. The van der Waals surface area contributed by atoms with Crippen molar-refractivity contribution in [3.8, 4) is 23.0 Å². The van der Waals surface area contributed by atoms with Crippen molar-refractivity contribution in [2.24, 2.45) is 5.92 Å². The van der Waals surface area contributed by atoms with Gasteiger partial charge in [-0.15, -0.1) is 5.10 Å². The molecule has 2 aromatic carbocycles. The van der Waals surface area contributed by atoms with Gasteiger partial charge in [-0.1, -0.05) is 34.8 Å². The Bertz CT molecular complexity index is 2900. The molecule has 0 radical (unpaired) electrons. The third-order valence-electron chi connectivity index (χ3n) is 11.7. The van der Waals surface area contributed by atoms with E-state index in [0.29, 0.717) is 27.9 Å². The second-order valence-corrected chi connectivity index (χ2v) is 20.7. The van der Waals surface area contributed by atoms with Gasteiger partial charge in [0.2, 0.25) is 11.7 Å². The number of carbonyl (C=O) groups excluding carboxylic acids is 2. The number of pyridine rings is 1. The summed E-state index contributed by atoms with van der Waals surface area (Å²) in [6.07, 6.45) is -7.79. The number of alkyl halides is 8. The van der Waals surface area contributed by atoms with E-state index in [1.807, 2.05) is 0 Å². The first-order valence-corrected chi connectivity index (χ1v) is 24.4. The van der Waals surface area contributed by atoms with Gasteiger partial charge in [0.1, 0.15) is 47.1 Å². The monoisotopic (exact) mass is 1030 g/mol. The van der Waals surface area contributed by atoms with Gasteiger partial charge < -0.3 is 14.8 Å². The molecule has 1 N–H and O–H groups in total. The quantitative estimate of drug-likeness (QED) is 0.0791. The van der Waals surface area contributed by atoms with E-state index in [1.54, 1.807) is 13.8 Å². The number of fused-ring (bicyclic) bond motifs is 2. The van der Waals surface area contributed by atoms with Crippen molar-refractivity contribution in [1.82, 2.24) is 34.8 Å². The number of halogens is 11. The first-order valence-electron chi connectivity index (χ1n) is 20.9. The molecule has 0 spiro atoms. The highest BCUT2D eigenvalue weighted by Crippen LogP contribution is 2.50. The van der Waals surface area contributed by atoms with Crippen LogP contribution in [-0.4, -0.2) is 86.7 Å². The van der Waals surface area contributed by atoms with Crippen LogP contribution in [0, 0.1) is 29.4 Å². The highest BCUT2D eigenvalue weighted by Gasteiger charge is 2.54. The molecular formula is C44H41ClF10N8O4S2. The molecule has 5 aromatic rings. The van der Waals surface area contributed by atoms with Gasteiger partial charge in [0.05, 0.1) is 39.0 Å². The Labute approximate surface area is 398 Å². The summed E-state index contributed by atoms with van der Waals surface area (Å²) in [5.74, 6) is -3.80. The van der Waals surface area contributed by atoms with Gasteiger partial charge in [0, 0.05) is 58.8 Å². The van der Waals surface area contributed by atoms with Gasteiger partial charge in [0.25, 0.3) is 5.92 Å². The minimum atomic E-state index is -5.19. The SMILES string of the molecule is C[C@@H]1Cc2c(C(F)(F)F)nn(CC(=O)NC(Cc3cc(F)cc(F)c3)c3nc(C#CC(C)(C)S(C)=O)ccc3-c3ccc(Cl)c4c(N(C(=O)N5CCCC5)[S+](C)[O-])nn(CC(F)(F)F)c34)c2C1(F)F. The normalized spacial score (nSPS) is 17.3. The maximum Gasteiger partial charge on any atom is 0.435 e. The summed E-state index contributed by atoms with van der Waals surface area (Å²) in [4.78, 5) is 34.0. The number of amides is 3. The highest BCUT2D eigenvalue weighted by molar-refractivity contribution is 7.92. The second kappa shape index (κ2) is 19.1. The number of benzene rings is 2. The molecule has 0 bridgehead atoms. The van der Waals surface area contributed by atoms with Gasteiger partial charge >= 0.3 is 18.4 Å². The number of hydrogen-bond donors (Lipinski definition) is 1. The van der Waals surface area contributed by atoms with Crippen molar-refractivity contribution >= 4 is 62.4 Å². The van der Waals surface area contributed by atoms with Crippen LogP contribution >= 0.6 is 11.6 Å². The number of carbonyl (C=O) groups is 2. The van der Waals surface area contributed by atoms with Crippen LogP contribution in [0.25, 0.3) is 22.0 Å². The topological polar surface area (TPSA) is 141 Å². The number of nitrogens with zero attached hydrogens (tertiary/aromatic N) is 7. The molecule has 25 heteroatoms. The second-order valence-electron chi connectivity index (χ2n) is 17.1. The fourth-order valence-electron chi connectivity index (χ4n) is 8.22. The number of nitrogens with one attached hydrogen (secondary N) is 1. The summed E-state index contributed by atoms with van der Waals surface area (Å²) in [6, 6.07) is 4.92. The van der Waals surface area contributed by atoms with Gasteiger partial charge in [-0.2, -0.15) is 40.2 Å². The summed E-state index contributed by atoms with van der Waals surface area (Å²) < 4.78 is 173. The lowest BCUT2D eigenvalue weighted by atomic mass is 9.93. The molecule has 1 aliphatic carbocycles. The summed E-state index contributed by atoms with van der Waals surface area (Å²) in [7, 11) is -1.54. The van der Waals surface area contributed by atoms with E-state index in [-0.39, 0.29) is 56.3 Å². The zero-order chi connectivity index (χ0) is 50.7. The molecule has 3 amide bonds. The molecule has 1 saturated heterocycles. The Morgan fingerprint density at radius 3 is 2.25 bits per heavy atom. The molecule has 69 heavy (non-hydrogen) atoms. The van der Waals surface area contributed by atoms with Crippen LogP contribution in [0.4, 0.5) is 54.5 Å². The van der Waals surface area contributed by atoms with Crippen molar-refractivity contribution in [3.63, 3.8) is 0 Å². The van der Waals surface area contributed by atoms with E-state index in [9.17, 15) is 53.5 Å². The lowest BCUT2D eigenvalue weighted by Crippen LogP contribution is -2.45. The van der Waals surface area contributed by atoms with Crippen LogP contribution in [0.2, 0.25) is 5.02 Å². The molecule has 3 unspecified atom stereocenters. The third kappa shape index (κ3) is 10.7. The Morgan fingerprint density at radius 1 is 1.01 bits per heavy atom. The van der Waals surface area contributed by atoms with Gasteiger partial charge in [-0.3, -0.25) is 18.4 Å². The van der Waals surface area contributed by atoms with Crippen molar-refractivity contribution in [2.45, 2.75) is 88.6 Å². The first kappa shape index (κ1) is 51.5. The standard InChI is InChI=1S/C44H41ClF10N8O4S2/c1-23-16-30-37(44(53,54)55)58-61(38(30)43(23,51)52)21-33(64)57-32(19-24-17-25(46)20-26(47)18-24)35-28(9-8-27(56-35)12-13-41(2,3)68(4)66)29-10-11-31(45)34-36(29)62(22-42(48,49)50)59-39(34)63(69(5)67)40(65)60-14-6-7-15-60/h8-11,17-18,20,23,32H,6-7,14-16,19,21-22H2,1-5H3,(H,57,64)/t23-,32?,68?,69?/m1/s1. The zero-order valence-corrected chi connectivity index (χ0v) is 39.5. The molecule has 1 aliphatic heterocycles. The van der Waals surface area contributed by atoms with Crippen LogP contribution in [0.5, 0.6) is 0 Å². The zero-order valence-electron chi connectivity index (χ0n) is 37.1. The number of urea groups is 1. The summed E-state index contributed by atoms with van der Waals surface area (Å²) in [5.41, 5.74) is -4.83. The maximum atomic E-state index is 15.5. The van der Waals surface area contributed by atoms with E-state index in [1.165, 1.54) is 35.4 Å². The average Bonchev–Trinajstić information content (AvgIpc) is 4.02.